The number of fused-ring (bicyclic) bond motifs is 2. The van der Waals surface area contributed by atoms with Gasteiger partial charge in [0.2, 0.25) is 0 Å². The topological polar surface area (TPSA) is 23.1 Å². The first-order chi connectivity index (χ1) is 4.22. The quantitative estimate of drug-likeness (QED) is 0.480. The summed E-state index contributed by atoms with van der Waals surface area (Å²) in [6, 6.07) is 0.384. The van der Waals surface area contributed by atoms with Crippen LogP contribution in [-0.2, 0) is 5.21 Å². The Hall–Kier alpha value is -0.0800. The van der Waals surface area contributed by atoms with E-state index in [1.165, 1.54) is 5.06 Å². The molecule has 0 aromatic rings. The van der Waals surface area contributed by atoms with Crippen molar-refractivity contribution in [1.29, 1.82) is 0 Å². The van der Waals surface area contributed by atoms with E-state index in [4.69, 9.17) is 0 Å². The van der Waals surface area contributed by atoms with E-state index in [0.717, 1.165) is 25.7 Å². The van der Waals surface area contributed by atoms with Gasteiger partial charge in [-0.2, -0.15) is 0 Å². The average molecular weight is 126 g/mol. The van der Waals surface area contributed by atoms with Crippen LogP contribution in [0.2, 0.25) is 0 Å². The Morgan fingerprint density at radius 1 is 1.44 bits per heavy atom. The van der Waals surface area contributed by atoms with E-state index in [-0.39, 0.29) is 5.54 Å². The first kappa shape index (κ1) is 5.69. The maximum absolute atomic E-state index is 11.2. The van der Waals surface area contributed by atoms with Crippen molar-refractivity contribution < 1.29 is 5.21 Å². The normalized spacial score (nSPS) is 50.7. The number of hydrogen-bond acceptors (Lipinski definition) is 1. The summed E-state index contributed by atoms with van der Waals surface area (Å²) in [6.07, 6.45) is 4.53. The van der Waals surface area contributed by atoms with Crippen LogP contribution in [0.4, 0.5) is 0 Å². The highest BCUT2D eigenvalue weighted by molar-refractivity contribution is 4.99. The van der Waals surface area contributed by atoms with Crippen molar-refractivity contribution >= 4 is 0 Å². The summed E-state index contributed by atoms with van der Waals surface area (Å²) in [4.78, 5) is 0. The fourth-order valence-electron chi connectivity index (χ4n) is 2.12. The molecule has 0 atom stereocenters. The molecule has 0 amide bonds. The molecule has 2 heterocycles. The Balaban J connectivity index is 2.26. The van der Waals surface area contributed by atoms with Crippen LogP contribution in [0.1, 0.15) is 32.6 Å². The van der Waals surface area contributed by atoms with E-state index in [1.807, 2.05) is 0 Å². The van der Waals surface area contributed by atoms with Crippen LogP contribution in [0.15, 0.2) is 0 Å². The molecule has 0 unspecified atom stereocenters. The smallest absolute Gasteiger partial charge is 0.0470 e. The first-order valence-electron chi connectivity index (χ1n) is 3.69. The van der Waals surface area contributed by atoms with Gasteiger partial charge in [-0.3, -0.25) is 0 Å². The van der Waals surface area contributed by atoms with Crippen molar-refractivity contribution in [3.63, 3.8) is 0 Å². The molecule has 2 saturated heterocycles. The summed E-state index contributed by atoms with van der Waals surface area (Å²) in [6.45, 7) is 2.09. The van der Waals surface area contributed by atoms with E-state index in [2.05, 4.69) is 6.92 Å². The maximum atomic E-state index is 11.2. The van der Waals surface area contributed by atoms with Crippen molar-refractivity contribution in [3.8, 4) is 0 Å². The van der Waals surface area contributed by atoms with E-state index >= 15 is 0 Å². The van der Waals surface area contributed by atoms with Gasteiger partial charge in [-0.25, -0.2) is 0 Å². The molecule has 2 rings (SSSR count). The Bertz CT molecular complexity index is 127. The van der Waals surface area contributed by atoms with Gasteiger partial charge in [0.25, 0.3) is 0 Å². The molecule has 0 aromatic heterocycles. The Morgan fingerprint density at radius 2 is 2.00 bits per heavy atom. The Labute approximate surface area is 55.4 Å². The lowest BCUT2D eigenvalue weighted by Gasteiger charge is -2.22. The number of nitrogens with zero attached hydrogens (tertiary/aromatic N) is 1. The highest BCUT2D eigenvalue weighted by Gasteiger charge is 2.48. The van der Waals surface area contributed by atoms with Crippen LogP contribution >= 0.6 is 0 Å². The number of hydrogen-bond donors (Lipinski definition) is 0. The number of hydroxylamine groups is 2. The van der Waals surface area contributed by atoms with E-state index in [0.29, 0.717) is 6.04 Å². The van der Waals surface area contributed by atoms with Crippen LogP contribution in [0.25, 0.3) is 0 Å². The molecule has 2 fully saturated rings. The lowest BCUT2D eigenvalue weighted by molar-refractivity contribution is -0.201. The second-order valence-electron chi connectivity index (χ2n) is 3.55. The van der Waals surface area contributed by atoms with Crippen molar-refractivity contribution in [2.24, 2.45) is 0 Å². The highest BCUT2D eigenvalue weighted by atomic mass is 16.5. The molecule has 0 saturated carbocycles. The third-order valence-electron chi connectivity index (χ3n) is 2.90. The van der Waals surface area contributed by atoms with Crippen molar-refractivity contribution in [2.45, 2.75) is 44.2 Å². The standard InChI is InChI=1S/C7H12NO/c1-7-4-2-6(3-5-7)8(7)9/h6H,2-5H2,1H3. The van der Waals surface area contributed by atoms with Gasteiger partial charge in [0.1, 0.15) is 0 Å². The summed E-state index contributed by atoms with van der Waals surface area (Å²) >= 11 is 0. The van der Waals surface area contributed by atoms with Gasteiger partial charge in [-0.15, -0.1) is 10.3 Å². The van der Waals surface area contributed by atoms with Crippen LogP contribution in [0.5, 0.6) is 0 Å². The second kappa shape index (κ2) is 1.50. The van der Waals surface area contributed by atoms with Gasteiger partial charge in [0, 0.05) is 11.6 Å². The average Bonchev–Trinajstić information content (AvgIpc) is 2.24. The van der Waals surface area contributed by atoms with Gasteiger partial charge in [-0.05, 0) is 32.6 Å². The van der Waals surface area contributed by atoms with Crippen molar-refractivity contribution in [2.75, 3.05) is 0 Å². The fourth-order valence-corrected chi connectivity index (χ4v) is 2.12. The van der Waals surface area contributed by atoms with E-state index < -0.39 is 0 Å². The molecular weight excluding hydrogens is 114 g/mol. The molecule has 2 nitrogen and oxygen atoms in total. The minimum atomic E-state index is 0.0463. The van der Waals surface area contributed by atoms with Gasteiger partial charge in [0.15, 0.2) is 0 Å². The number of rotatable bonds is 0. The maximum Gasteiger partial charge on any atom is 0.0470 e. The minimum absolute atomic E-state index is 0.0463. The summed E-state index contributed by atoms with van der Waals surface area (Å²) in [5.41, 5.74) is 0.0463. The van der Waals surface area contributed by atoms with E-state index in [9.17, 15) is 5.21 Å². The molecule has 0 aliphatic carbocycles. The van der Waals surface area contributed by atoms with Gasteiger partial charge in [-0.1, -0.05) is 0 Å². The van der Waals surface area contributed by atoms with Gasteiger partial charge < -0.3 is 0 Å². The van der Waals surface area contributed by atoms with Crippen molar-refractivity contribution in [1.82, 2.24) is 5.06 Å². The molecule has 2 heteroatoms. The molecule has 2 bridgehead atoms. The third-order valence-corrected chi connectivity index (χ3v) is 2.90. The molecule has 51 valence electrons. The SMILES string of the molecule is CC12CCC(CC1)N2[O]. The van der Waals surface area contributed by atoms with Crippen LogP contribution in [-0.4, -0.2) is 16.6 Å². The zero-order valence-corrected chi connectivity index (χ0v) is 5.76. The van der Waals surface area contributed by atoms with Crippen molar-refractivity contribution in [3.05, 3.63) is 0 Å². The van der Waals surface area contributed by atoms with E-state index in [1.54, 1.807) is 0 Å². The zero-order valence-electron chi connectivity index (χ0n) is 5.76. The first-order valence-corrected chi connectivity index (χ1v) is 3.69. The predicted molar refractivity (Wildman–Crippen MR) is 33.2 cm³/mol. The lowest BCUT2D eigenvalue weighted by atomic mass is 9.90. The molecule has 2 aliphatic rings. The molecule has 0 N–H and O–H groups in total. The summed E-state index contributed by atoms with van der Waals surface area (Å²) in [5.74, 6) is 0. The fraction of sp³-hybridized carbons (Fsp3) is 1.00. The molecule has 1 radical (unpaired) electrons. The third kappa shape index (κ3) is 0.578. The van der Waals surface area contributed by atoms with Gasteiger partial charge in [0.05, 0.1) is 0 Å². The Kier molecular flexibility index (Phi) is 0.945. The highest BCUT2D eigenvalue weighted by Crippen LogP contribution is 2.44. The largest absolute Gasteiger partial charge is 0.146 e. The summed E-state index contributed by atoms with van der Waals surface area (Å²) in [7, 11) is 0. The molecule has 0 spiro atoms. The minimum Gasteiger partial charge on any atom is -0.146 e. The monoisotopic (exact) mass is 126 g/mol. The van der Waals surface area contributed by atoms with Crippen LogP contribution < -0.4 is 0 Å². The Morgan fingerprint density at radius 3 is 2.11 bits per heavy atom. The summed E-state index contributed by atoms with van der Waals surface area (Å²) < 4.78 is 0. The predicted octanol–water partition coefficient (Wildman–Crippen LogP) is 1.35. The van der Waals surface area contributed by atoms with Gasteiger partial charge >= 0.3 is 0 Å². The molecule has 0 aromatic carbocycles. The summed E-state index contributed by atoms with van der Waals surface area (Å²) in [5, 5.41) is 12.5. The molecular formula is C7H12NO. The second-order valence-corrected chi connectivity index (χ2v) is 3.55. The zero-order chi connectivity index (χ0) is 6.48. The van der Waals surface area contributed by atoms with Crippen LogP contribution in [0, 0.1) is 0 Å². The molecule has 9 heavy (non-hydrogen) atoms. The van der Waals surface area contributed by atoms with Crippen LogP contribution in [0.3, 0.4) is 0 Å². The molecule has 2 aliphatic heterocycles. The lowest BCUT2D eigenvalue weighted by Crippen LogP contribution is -2.33.